The SMILES string of the molecule is CC(C)C(CCO)NC(=O)Cc1ccccc1Cl. The molecule has 0 saturated heterocycles. The van der Waals surface area contributed by atoms with E-state index in [1.54, 1.807) is 6.07 Å². The standard InChI is InChI=1S/C14H20ClNO2/c1-10(2)13(7-8-17)16-14(18)9-11-5-3-4-6-12(11)15/h3-6,10,13,17H,7-9H2,1-2H3,(H,16,18). The largest absolute Gasteiger partial charge is 0.396 e. The lowest BCUT2D eigenvalue weighted by molar-refractivity contribution is -0.121. The minimum Gasteiger partial charge on any atom is -0.396 e. The molecule has 0 aromatic heterocycles. The highest BCUT2D eigenvalue weighted by atomic mass is 35.5. The molecule has 100 valence electrons. The molecule has 3 nitrogen and oxygen atoms in total. The number of rotatable bonds is 6. The highest BCUT2D eigenvalue weighted by Crippen LogP contribution is 2.15. The molecule has 4 heteroatoms. The van der Waals surface area contributed by atoms with E-state index in [1.165, 1.54) is 0 Å². The molecule has 1 amide bonds. The van der Waals surface area contributed by atoms with Gasteiger partial charge in [-0.05, 0) is 24.0 Å². The molecule has 0 aliphatic carbocycles. The minimum atomic E-state index is -0.0600. The lowest BCUT2D eigenvalue weighted by Gasteiger charge is -2.21. The van der Waals surface area contributed by atoms with Gasteiger partial charge in [0.15, 0.2) is 0 Å². The summed E-state index contributed by atoms with van der Waals surface area (Å²) in [6.45, 7) is 4.13. The molecule has 1 rings (SSSR count). The topological polar surface area (TPSA) is 49.3 Å². The Kier molecular flexibility index (Phi) is 6.16. The smallest absolute Gasteiger partial charge is 0.224 e. The second kappa shape index (κ2) is 7.39. The maximum atomic E-state index is 11.9. The fraction of sp³-hybridized carbons (Fsp3) is 0.500. The van der Waals surface area contributed by atoms with Crippen LogP contribution in [-0.4, -0.2) is 23.7 Å². The highest BCUT2D eigenvalue weighted by Gasteiger charge is 2.16. The van der Waals surface area contributed by atoms with Crippen molar-refractivity contribution in [3.8, 4) is 0 Å². The monoisotopic (exact) mass is 269 g/mol. The molecule has 18 heavy (non-hydrogen) atoms. The van der Waals surface area contributed by atoms with Gasteiger partial charge in [-0.25, -0.2) is 0 Å². The normalized spacial score (nSPS) is 12.5. The lowest BCUT2D eigenvalue weighted by Crippen LogP contribution is -2.40. The van der Waals surface area contributed by atoms with Crippen LogP contribution in [0.3, 0.4) is 0 Å². The van der Waals surface area contributed by atoms with E-state index in [1.807, 2.05) is 32.0 Å². The number of aliphatic hydroxyl groups excluding tert-OH is 1. The third kappa shape index (κ3) is 4.67. The van der Waals surface area contributed by atoms with Crippen LogP contribution in [0.4, 0.5) is 0 Å². The van der Waals surface area contributed by atoms with Crippen LogP contribution >= 0.6 is 11.6 Å². The van der Waals surface area contributed by atoms with Gasteiger partial charge in [-0.1, -0.05) is 43.6 Å². The number of hydrogen-bond donors (Lipinski definition) is 2. The van der Waals surface area contributed by atoms with Crippen LogP contribution in [0.5, 0.6) is 0 Å². The number of hydrogen-bond acceptors (Lipinski definition) is 2. The molecule has 2 N–H and O–H groups in total. The van der Waals surface area contributed by atoms with Gasteiger partial charge in [0.05, 0.1) is 6.42 Å². The first-order valence-electron chi connectivity index (χ1n) is 6.18. The second-order valence-corrected chi connectivity index (χ2v) is 5.11. The number of benzene rings is 1. The van der Waals surface area contributed by atoms with Crippen LogP contribution in [-0.2, 0) is 11.2 Å². The second-order valence-electron chi connectivity index (χ2n) is 4.70. The Balaban J connectivity index is 2.58. The highest BCUT2D eigenvalue weighted by molar-refractivity contribution is 6.31. The molecule has 0 heterocycles. The zero-order valence-electron chi connectivity index (χ0n) is 10.8. The summed E-state index contributed by atoms with van der Waals surface area (Å²) >= 11 is 6.01. The molecule has 0 spiro atoms. The summed E-state index contributed by atoms with van der Waals surface area (Å²) < 4.78 is 0. The fourth-order valence-electron chi connectivity index (χ4n) is 1.78. The molecule has 0 radical (unpaired) electrons. The lowest BCUT2D eigenvalue weighted by atomic mass is 10.0. The quantitative estimate of drug-likeness (QED) is 0.833. The number of halogens is 1. The third-order valence-electron chi connectivity index (χ3n) is 2.90. The summed E-state index contributed by atoms with van der Waals surface area (Å²) in [5.74, 6) is 0.239. The van der Waals surface area contributed by atoms with Gasteiger partial charge in [0, 0.05) is 17.7 Å². The van der Waals surface area contributed by atoms with Crippen LogP contribution < -0.4 is 5.32 Å². The molecule has 1 aromatic carbocycles. The molecule has 0 aliphatic rings. The summed E-state index contributed by atoms with van der Waals surface area (Å²) in [6, 6.07) is 7.33. The maximum absolute atomic E-state index is 11.9. The third-order valence-corrected chi connectivity index (χ3v) is 3.27. The molecule has 1 unspecified atom stereocenters. The van der Waals surface area contributed by atoms with E-state index in [0.29, 0.717) is 17.4 Å². The van der Waals surface area contributed by atoms with Crippen molar-refractivity contribution in [2.24, 2.45) is 5.92 Å². The predicted octanol–water partition coefficient (Wildman–Crippen LogP) is 2.41. The van der Waals surface area contributed by atoms with Gasteiger partial charge in [0.25, 0.3) is 0 Å². The Bertz CT molecular complexity index is 393. The minimum absolute atomic E-state index is 0.00462. The number of aliphatic hydroxyl groups is 1. The van der Waals surface area contributed by atoms with Crippen LogP contribution in [0.25, 0.3) is 0 Å². The van der Waals surface area contributed by atoms with E-state index in [9.17, 15) is 4.79 Å². The van der Waals surface area contributed by atoms with Crippen molar-refractivity contribution >= 4 is 17.5 Å². The summed E-state index contributed by atoms with van der Waals surface area (Å²) in [5, 5.41) is 12.5. The molecule has 0 fully saturated rings. The van der Waals surface area contributed by atoms with E-state index in [-0.39, 0.29) is 25.0 Å². The molecule has 0 aliphatic heterocycles. The first kappa shape index (κ1) is 15.0. The summed E-state index contributed by atoms with van der Waals surface area (Å²) in [5.41, 5.74) is 0.822. The summed E-state index contributed by atoms with van der Waals surface area (Å²) in [7, 11) is 0. The molecular formula is C14H20ClNO2. The summed E-state index contributed by atoms with van der Waals surface area (Å²) in [4.78, 5) is 11.9. The van der Waals surface area contributed by atoms with Gasteiger partial charge in [0.2, 0.25) is 5.91 Å². The van der Waals surface area contributed by atoms with Crippen LogP contribution in [0.1, 0.15) is 25.8 Å². The zero-order valence-corrected chi connectivity index (χ0v) is 11.6. The van der Waals surface area contributed by atoms with Gasteiger partial charge in [-0.2, -0.15) is 0 Å². The average Bonchev–Trinajstić information content (AvgIpc) is 2.31. The van der Waals surface area contributed by atoms with Crippen molar-refractivity contribution < 1.29 is 9.90 Å². The van der Waals surface area contributed by atoms with Gasteiger partial charge in [0.1, 0.15) is 0 Å². The Hall–Kier alpha value is -1.06. The molecule has 0 saturated carbocycles. The molecular weight excluding hydrogens is 250 g/mol. The van der Waals surface area contributed by atoms with Crippen LogP contribution in [0.15, 0.2) is 24.3 Å². The Morgan fingerprint density at radius 3 is 2.61 bits per heavy atom. The van der Waals surface area contributed by atoms with Crippen molar-refractivity contribution in [1.82, 2.24) is 5.32 Å². The van der Waals surface area contributed by atoms with Gasteiger partial charge in [-0.15, -0.1) is 0 Å². The van der Waals surface area contributed by atoms with Gasteiger partial charge < -0.3 is 10.4 Å². The van der Waals surface area contributed by atoms with E-state index in [4.69, 9.17) is 16.7 Å². The van der Waals surface area contributed by atoms with E-state index in [0.717, 1.165) is 5.56 Å². The van der Waals surface area contributed by atoms with Crippen molar-refractivity contribution in [1.29, 1.82) is 0 Å². The first-order chi connectivity index (χ1) is 8.54. The maximum Gasteiger partial charge on any atom is 0.224 e. The average molecular weight is 270 g/mol. The zero-order chi connectivity index (χ0) is 13.5. The van der Waals surface area contributed by atoms with Crippen LogP contribution in [0.2, 0.25) is 5.02 Å². The summed E-state index contributed by atoms with van der Waals surface area (Å²) in [6.07, 6.45) is 0.847. The van der Waals surface area contributed by atoms with E-state index >= 15 is 0 Å². The van der Waals surface area contributed by atoms with Gasteiger partial charge >= 0.3 is 0 Å². The number of nitrogens with one attached hydrogen (secondary N) is 1. The van der Waals surface area contributed by atoms with Crippen LogP contribution in [0, 0.1) is 5.92 Å². The predicted molar refractivity (Wildman–Crippen MR) is 73.6 cm³/mol. The fourth-order valence-corrected chi connectivity index (χ4v) is 1.99. The van der Waals surface area contributed by atoms with E-state index < -0.39 is 0 Å². The Morgan fingerprint density at radius 2 is 2.06 bits per heavy atom. The molecule has 1 aromatic rings. The number of carbonyl (C=O) groups is 1. The number of carbonyl (C=O) groups excluding carboxylic acids is 1. The molecule has 0 bridgehead atoms. The molecule has 1 atom stereocenters. The van der Waals surface area contributed by atoms with Crippen molar-refractivity contribution in [3.05, 3.63) is 34.9 Å². The Morgan fingerprint density at radius 1 is 1.39 bits per heavy atom. The first-order valence-corrected chi connectivity index (χ1v) is 6.56. The van der Waals surface area contributed by atoms with Gasteiger partial charge in [-0.3, -0.25) is 4.79 Å². The van der Waals surface area contributed by atoms with Crippen molar-refractivity contribution in [2.75, 3.05) is 6.61 Å². The number of amides is 1. The van der Waals surface area contributed by atoms with Crippen molar-refractivity contribution in [2.45, 2.75) is 32.7 Å². The van der Waals surface area contributed by atoms with Crippen molar-refractivity contribution in [3.63, 3.8) is 0 Å². The Labute approximate surface area is 113 Å². The van der Waals surface area contributed by atoms with E-state index in [2.05, 4.69) is 5.32 Å².